The normalized spacial score (nSPS) is 12.0. The van der Waals surface area contributed by atoms with E-state index in [1.165, 1.54) is 0 Å². The van der Waals surface area contributed by atoms with Crippen molar-refractivity contribution in [2.75, 3.05) is 6.61 Å². The summed E-state index contributed by atoms with van der Waals surface area (Å²) in [6.07, 6.45) is 0.348. The Labute approximate surface area is 217 Å². The molecule has 1 N–H and O–H groups in total. The minimum absolute atomic E-state index is 0.195. The number of nitrogens with zero attached hydrogens (tertiary/aromatic N) is 1. The molecule has 0 heterocycles. The Bertz CT molecular complexity index is 1150. The topological polar surface area (TPSA) is 58.6 Å². The first-order valence-electron chi connectivity index (χ1n) is 11.4. The van der Waals surface area contributed by atoms with Crippen LogP contribution in [-0.4, -0.2) is 34.9 Å². The summed E-state index contributed by atoms with van der Waals surface area (Å²) in [5.41, 5.74) is 1.29. The van der Waals surface area contributed by atoms with Gasteiger partial charge in [0.25, 0.3) is 5.91 Å². The highest BCUT2D eigenvalue weighted by molar-refractivity contribution is 6.32. The van der Waals surface area contributed by atoms with Crippen molar-refractivity contribution in [3.05, 3.63) is 100 Å². The lowest BCUT2D eigenvalue weighted by Crippen LogP contribution is -2.55. The highest BCUT2D eigenvalue weighted by Crippen LogP contribution is 2.24. The number of halogens is 2. The molecule has 0 aliphatic heterocycles. The van der Waals surface area contributed by atoms with Crippen LogP contribution >= 0.6 is 23.2 Å². The zero-order valence-electron chi connectivity index (χ0n) is 20.1. The van der Waals surface area contributed by atoms with Gasteiger partial charge in [0.15, 0.2) is 6.61 Å². The maximum Gasteiger partial charge on any atom is 0.261 e. The summed E-state index contributed by atoms with van der Waals surface area (Å²) >= 11 is 12.4. The summed E-state index contributed by atoms with van der Waals surface area (Å²) in [4.78, 5) is 28.6. The molecule has 1 atom stereocenters. The molecule has 0 radical (unpaired) electrons. The number of carbonyl (C=O) groups is 2. The van der Waals surface area contributed by atoms with Gasteiger partial charge < -0.3 is 15.0 Å². The van der Waals surface area contributed by atoms with Gasteiger partial charge in [0.05, 0.1) is 5.02 Å². The first-order valence-corrected chi connectivity index (χ1v) is 12.1. The second-order valence-electron chi connectivity index (χ2n) is 9.32. The van der Waals surface area contributed by atoms with E-state index in [2.05, 4.69) is 5.32 Å². The molecular formula is C28H30Cl2N2O3. The molecule has 3 aromatic carbocycles. The van der Waals surface area contributed by atoms with Gasteiger partial charge >= 0.3 is 0 Å². The first kappa shape index (κ1) is 26.6. The van der Waals surface area contributed by atoms with Crippen LogP contribution in [0.5, 0.6) is 5.75 Å². The average Bonchev–Trinajstić information content (AvgIpc) is 2.80. The lowest BCUT2D eigenvalue weighted by atomic mass is 10.0. The van der Waals surface area contributed by atoms with Gasteiger partial charge in [-0.05, 0) is 56.2 Å². The largest absolute Gasteiger partial charge is 0.482 e. The van der Waals surface area contributed by atoms with Crippen molar-refractivity contribution in [1.29, 1.82) is 0 Å². The van der Waals surface area contributed by atoms with Crippen LogP contribution < -0.4 is 10.1 Å². The summed E-state index contributed by atoms with van der Waals surface area (Å²) in [6.45, 7) is 5.66. The van der Waals surface area contributed by atoms with E-state index in [0.717, 1.165) is 11.1 Å². The van der Waals surface area contributed by atoms with Crippen LogP contribution in [0.1, 0.15) is 31.9 Å². The Morgan fingerprint density at radius 1 is 0.914 bits per heavy atom. The third kappa shape index (κ3) is 8.30. The first-order chi connectivity index (χ1) is 16.6. The number of carbonyl (C=O) groups excluding carboxylic acids is 2. The maximum atomic E-state index is 13.6. The molecule has 0 aliphatic carbocycles. The second-order valence-corrected chi connectivity index (χ2v) is 10.2. The number of benzene rings is 3. The van der Waals surface area contributed by atoms with E-state index in [1.807, 2.05) is 63.2 Å². The van der Waals surface area contributed by atoms with E-state index in [9.17, 15) is 9.59 Å². The zero-order valence-corrected chi connectivity index (χ0v) is 21.6. The Balaban J connectivity index is 1.94. The number of para-hydroxylation sites is 1. The van der Waals surface area contributed by atoms with E-state index >= 15 is 0 Å². The van der Waals surface area contributed by atoms with Crippen LogP contribution in [0.4, 0.5) is 0 Å². The molecule has 0 saturated carbocycles. The Morgan fingerprint density at radius 3 is 2.23 bits per heavy atom. The van der Waals surface area contributed by atoms with Gasteiger partial charge in [0, 0.05) is 23.5 Å². The molecule has 0 bridgehead atoms. The van der Waals surface area contributed by atoms with Crippen LogP contribution in [0.25, 0.3) is 0 Å². The Kier molecular flexibility index (Phi) is 9.19. The van der Waals surface area contributed by atoms with E-state index in [1.54, 1.807) is 41.3 Å². The minimum atomic E-state index is -0.766. The number of ether oxygens (including phenoxy) is 1. The lowest BCUT2D eigenvalue weighted by molar-refractivity contribution is -0.143. The molecule has 0 saturated heterocycles. The fraction of sp³-hybridized carbons (Fsp3) is 0.286. The summed E-state index contributed by atoms with van der Waals surface area (Å²) < 4.78 is 5.74. The van der Waals surface area contributed by atoms with Crippen molar-refractivity contribution in [3.8, 4) is 5.75 Å². The van der Waals surface area contributed by atoms with Gasteiger partial charge in [-0.15, -0.1) is 0 Å². The Morgan fingerprint density at radius 2 is 1.57 bits per heavy atom. The molecule has 5 nitrogen and oxygen atoms in total. The van der Waals surface area contributed by atoms with Crippen LogP contribution in [0.15, 0.2) is 78.9 Å². The van der Waals surface area contributed by atoms with Crippen LogP contribution in [0, 0.1) is 0 Å². The SMILES string of the molecule is CC(C)(C)NC(=O)[C@H](Cc1ccccc1)N(Cc1cccc(Cl)c1)C(=O)COc1ccccc1Cl. The molecular weight excluding hydrogens is 483 g/mol. The molecule has 7 heteroatoms. The predicted octanol–water partition coefficient (Wildman–Crippen LogP) is 5.93. The van der Waals surface area contributed by atoms with Crippen molar-refractivity contribution >= 4 is 35.0 Å². The highest BCUT2D eigenvalue weighted by atomic mass is 35.5. The second kappa shape index (κ2) is 12.1. The minimum Gasteiger partial charge on any atom is -0.482 e. The molecule has 0 spiro atoms. The van der Waals surface area contributed by atoms with Gasteiger partial charge in [-0.3, -0.25) is 9.59 Å². The maximum absolute atomic E-state index is 13.6. The van der Waals surface area contributed by atoms with Gasteiger partial charge in [0.1, 0.15) is 11.8 Å². The summed E-state index contributed by atoms with van der Waals surface area (Å²) in [5.74, 6) is -0.173. The molecule has 0 fully saturated rings. The molecule has 3 aromatic rings. The van der Waals surface area contributed by atoms with Gasteiger partial charge in [-0.25, -0.2) is 0 Å². The highest BCUT2D eigenvalue weighted by Gasteiger charge is 2.32. The summed E-state index contributed by atoms with van der Waals surface area (Å²) in [6, 6.07) is 23.1. The molecule has 184 valence electrons. The van der Waals surface area contributed by atoms with E-state index in [-0.39, 0.29) is 25.0 Å². The number of nitrogens with one attached hydrogen (secondary N) is 1. The van der Waals surface area contributed by atoms with E-state index in [0.29, 0.717) is 22.2 Å². The van der Waals surface area contributed by atoms with Crippen molar-refractivity contribution in [3.63, 3.8) is 0 Å². The third-order valence-corrected chi connectivity index (χ3v) is 5.75. The number of amides is 2. The van der Waals surface area contributed by atoms with Gasteiger partial charge in [-0.1, -0.05) is 77.8 Å². The molecule has 2 amide bonds. The monoisotopic (exact) mass is 512 g/mol. The third-order valence-electron chi connectivity index (χ3n) is 5.20. The molecule has 0 aromatic heterocycles. The number of hydrogen-bond acceptors (Lipinski definition) is 3. The Hall–Kier alpha value is -3.02. The summed E-state index contributed by atoms with van der Waals surface area (Å²) in [7, 11) is 0. The quantitative estimate of drug-likeness (QED) is 0.386. The zero-order chi connectivity index (χ0) is 25.4. The molecule has 0 aliphatic rings. The fourth-order valence-electron chi connectivity index (χ4n) is 3.62. The smallest absolute Gasteiger partial charge is 0.261 e. The average molecular weight is 513 g/mol. The predicted molar refractivity (Wildman–Crippen MR) is 141 cm³/mol. The van der Waals surface area contributed by atoms with Crippen LogP contribution in [0.2, 0.25) is 10.0 Å². The van der Waals surface area contributed by atoms with Crippen LogP contribution in [-0.2, 0) is 22.6 Å². The number of rotatable bonds is 9. The van der Waals surface area contributed by atoms with Gasteiger partial charge in [-0.2, -0.15) is 0 Å². The van der Waals surface area contributed by atoms with Crippen molar-refractivity contribution in [2.45, 2.75) is 45.3 Å². The van der Waals surface area contributed by atoms with Crippen molar-refractivity contribution in [2.24, 2.45) is 0 Å². The fourth-order valence-corrected chi connectivity index (χ4v) is 4.03. The van der Waals surface area contributed by atoms with Crippen LogP contribution in [0.3, 0.4) is 0 Å². The van der Waals surface area contributed by atoms with Crippen molar-refractivity contribution in [1.82, 2.24) is 10.2 Å². The standard InChI is InChI=1S/C28H30Cl2N2O3/c1-28(2,3)31-27(34)24(17-20-10-5-4-6-11-20)32(18-21-12-9-13-22(29)16-21)26(33)19-35-25-15-8-7-14-23(25)30/h4-16,24H,17-19H2,1-3H3,(H,31,34)/t24-/m0/s1. The van der Waals surface area contributed by atoms with E-state index in [4.69, 9.17) is 27.9 Å². The van der Waals surface area contributed by atoms with Gasteiger partial charge in [0.2, 0.25) is 5.91 Å². The number of hydrogen-bond donors (Lipinski definition) is 1. The molecule has 0 unspecified atom stereocenters. The summed E-state index contributed by atoms with van der Waals surface area (Å²) in [5, 5.41) is 4.00. The van der Waals surface area contributed by atoms with Crippen molar-refractivity contribution < 1.29 is 14.3 Å². The lowest BCUT2D eigenvalue weighted by Gasteiger charge is -2.33. The molecule has 3 rings (SSSR count). The molecule has 35 heavy (non-hydrogen) atoms. The van der Waals surface area contributed by atoms with E-state index < -0.39 is 11.6 Å².